The van der Waals surface area contributed by atoms with Crippen molar-refractivity contribution in [3.8, 4) is 12.3 Å². The van der Waals surface area contributed by atoms with Gasteiger partial charge in [0.15, 0.2) is 6.61 Å². The topological polar surface area (TPSA) is 256 Å². The molecule has 2 atom stereocenters. The summed E-state index contributed by atoms with van der Waals surface area (Å²) in [6.45, 7) is 4.62. The van der Waals surface area contributed by atoms with Gasteiger partial charge in [0.2, 0.25) is 23.6 Å². The molecule has 1 aliphatic rings. The number of hydrogen-bond donors (Lipinski definition) is 7. The number of amides is 9. The number of alkyl carbamates (subject to hydrolysis) is 1. The Kier molecular flexibility index (Phi) is 17.1. The predicted octanol–water partition coefficient (Wildman–Crippen LogP) is -0.363. The van der Waals surface area contributed by atoms with Crippen molar-refractivity contribution >= 4 is 58.9 Å². The maximum atomic E-state index is 13.5. The Bertz CT molecular complexity index is 1520. The Balaban J connectivity index is 2.02. The van der Waals surface area contributed by atoms with Crippen LogP contribution in [-0.2, 0) is 38.2 Å². The molecule has 1 aromatic carbocycles. The van der Waals surface area contributed by atoms with Gasteiger partial charge in [-0.1, -0.05) is 25.8 Å². The SMILES string of the molecule is C#CCOC(=O)NCC(=O)Nc1cc(NC(=O)[C@H](CCCNC(N)=O)NC(=O)[C@@H](NC(=O)CCOCCN2C(=O)C=CC2=O)C(C)C)ccc1C. The van der Waals surface area contributed by atoms with Crippen molar-refractivity contribution in [2.24, 2.45) is 11.7 Å². The fourth-order valence-electron chi connectivity index (χ4n) is 4.47. The smallest absolute Gasteiger partial charge is 0.408 e. The molecule has 1 heterocycles. The first kappa shape index (κ1) is 41.2. The number of hydrogen-bond acceptors (Lipinski definition) is 10. The van der Waals surface area contributed by atoms with Gasteiger partial charge >= 0.3 is 12.1 Å². The minimum absolute atomic E-state index is 0.0259. The highest BCUT2D eigenvalue weighted by Crippen LogP contribution is 2.21. The minimum Gasteiger partial charge on any atom is -0.436 e. The normalized spacial score (nSPS) is 13.1. The Labute approximate surface area is 295 Å². The van der Waals surface area contributed by atoms with Crippen molar-refractivity contribution in [1.29, 1.82) is 0 Å². The van der Waals surface area contributed by atoms with Crippen LogP contribution in [0.3, 0.4) is 0 Å². The summed E-state index contributed by atoms with van der Waals surface area (Å²) in [5.74, 6) is -1.47. The third kappa shape index (κ3) is 15.0. The van der Waals surface area contributed by atoms with Crippen LogP contribution in [0.5, 0.6) is 0 Å². The first-order chi connectivity index (χ1) is 24.2. The van der Waals surface area contributed by atoms with Crippen LogP contribution in [0, 0.1) is 25.2 Å². The van der Waals surface area contributed by atoms with E-state index >= 15 is 0 Å². The minimum atomic E-state index is -1.11. The third-order valence-electron chi connectivity index (χ3n) is 7.16. The highest BCUT2D eigenvalue weighted by atomic mass is 16.5. The van der Waals surface area contributed by atoms with Crippen LogP contribution in [-0.4, -0.2) is 104 Å². The van der Waals surface area contributed by atoms with Gasteiger partial charge in [0.1, 0.15) is 18.6 Å². The van der Waals surface area contributed by atoms with Crippen LogP contribution >= 0.6 is 0 Å². The Hall–Kier alpha value is -5.96. The molecule has 18 heteroatoms. The van der Waals surface area contributed by atoms with Crippen molar-refractivity contribution in [2.75, 3.05) is 50.1 Å². The summed E-state index contributed by atoms with van der Waals surface area (Å²) in [7, 11) is 0. The van der Waals surface area contributed by atoms with E-state index in [0.29, 0.717) is 11.3 Å². The van der Waals surface area contributed by atoms with Crippen LogP contribution in [0.15, 0.2) is 30.4 Å². The molecule has 0 aromatic heterocycles. The molecular weight excluding hydrogens is 668 g/mol. The van der Waals surface area contributed by atoms with E-state index in [1.165, 1.54) is 6.07 Å². The molecule has 0 radical (unpaired) electrons. The van der Waals surface area contributed by atoms with Gasteiger partial charge in [-0.15, -0.1) is 6.42 Å². The first-order valence-corrected chi connectivity index (χ1v) is 16.0. The number of aryl methyl sites for hydroxylation is 1. The molecule has 18 nitrogen and oxygen atoms in total. The molecule has 0 fully saturated rings. The summed E-state index contributed by atoms with van der Waals surface area (Å²) < 4.78 is 10.0. The zero-order valence-electron chi connectivity index (χ0n) is 28.7. The van der Waals surface area contributed by atoms with Gasteiger partial charge in [-0.2, -0.15) is 0 Å². The summed E-state index contributed by atoms with van der Waals surface area (Å²) in [6.07, 6.45) is 6.71. The van der Waals surface area contributed by atoms with Crippen LogP contribution in [0.2, 0.25) is 0 Å². The quantitative estimate of drug-likeness (QED) is 0.0525. The van der Waals surface area contributed by atoms with Gasteiger partial charge in [0.05, 0.1) is 19.8 Å². The molecule has 1 aromatic rings. The van der Waals surface area contributed by atoms with E-state index in [9.17, 15) is 38.4 Å². The van der Waals surface area contributed by atoms with E-state index in [-0.39, 0.29) is 63.8 Å². The number of carbonyl (C=O) groups excluding carboxylic acids is 8. The molecule has 9 amide bonds. The molecule has 0 saturated carbocycles. The molecule has 0 spiro atoms. The molecule has 2 rings (SSSR count). The number of benzene rings is 1. The van der Waals surface area contributed by atoms with Gasteiger partial charge in [-0.05, 0) is 43.4 Å². The molecule has 1 aliphatic heterocycles. The number of ether oxygens (including phenoxy) is 2. The average Bonchev–Trinajstić information content (AvgIpc) is 3.39. The van der Waals surface area contributed by atoms with Crippen molar-refractivity contribution in [3.05, 3.63) is 35.9 Å². The van der Waals surface area contributed by atoms with E-state index in [1.54, 1.807) is 32.9 Å². The number of nitrogens with two attached hydrogens (primary N) is 1. The second-order valence-electron chi connectivity index (χ2n) is 11.5. The second kappa shape index (κ2) is 21.2. The Morgan fingerprint density at radius 3 is 2.29 bits per heavy atom. The largest absolute Gasteiger partial charge is 0.436 e. The number of rotatable bonds is 20. The van der Waals surface area contributed by atoms with E-state index in [0.717, 1.165) is 17.1 Å². The summed E-state index contributed by atoms with van der Waals surface area (Å²) in [5, 5.41) is 15.3. The molecule has 51 heavy (non-hydrogen) atoms. The van der Waals surface area contributed by atoms with E-state index in [1.807, 2.05) is 0 Å². The summed E-state index contributed by atoms with van der Waals surface area (Å²) in [4.78, 5) is 98.9. The highest BCUT2D eigenvalue weighted by Gasteiger charge is 2.29. The molecule has 0 unspecified atom stereocenters. The standard InChI is InChI=1S/C33H44N8O10/c1-5-15-51-33(49)36-19-26(43)38-24-18-22(9-8-21(24)4)37-30(46)23(7-6-13-35-32(34)48)39-31(47)29(20(2)3)40-25(42)12-16-50-17-14-41-27(44)10-11-28(41)45/h1,8-11,18,20,23,29H,6-7,12-17,19H2,2-4H3,(H,36,49)(H,37,46)(H,38,43)(H,39,47)(H,40,42)(H3,34,35,48)/t23-,29-/m0/s1. The predicted molar refractivity (Wildman–Crippen MR) is 183 cm³/mol. The van der Waals surface area contributed by atoms with E-state index < -0.39 is 66.2 Å². The number of nitrogens with zero attached hydrogens (tertiary/aromatic N) is 1. The van der Waals surface area contributed by atoms with E-state index in [4.69, 9.17) is 16.9 Å². The van der Waals surface area contributed by atoms with Crippen LogP contribution in [0.4, 0.5) is 21.0 Å². The molecular formula is C33H44N8O10. The average molecular weight is 713 g/mol. The molecule has 0 bridgehead atoms. The summed E-state index contributed by atoms with van der Waals surface area (Å²) in [5.41, 5.74) is 6.39. The van der Waals surface area contributed by atoms with Gasteiger partial charge in [-0.25, -0.2) is 9.59 Å². The molecule has 8 N–H and O–H groups in total. The fraction of sp³-hybridized carbons (Fsp3) is 0.455. The van der Waals surface area contributed by atoms with Gasteiger partial charge in [-0.3, -0.25) is 33.7 Å². The summed E-state index contributed by atoms with van der Waals surface area (Å²) in [6, 6.07) is 1.82. The highest BCUT2D eigenvalue weighted by molar-refractivity contribution is 6.12. The zero-order valence-corrected chi connectivity index (χ0v) is 28.7. The molecule has 0 saturated heterocycles. The number of primary amides is 1. The van der Waals surface area contributed by atoms with Gasteiger partial charge in [0.25, 0.3) is 11.8 Å². The lowest BCUT2D eigenvalue weighted by Gasteiger charge is -2.25. The molecule has 0 aliphatic carbocycles. The lowest BCUT2D eigenvalue weighted by Crippen LogP contribution is -2.54. The third-order valence-corrected chi connectivity index (χ3v) is 7.16. The van der Waals surface area contributed by atoms with Crippen molar-refractivity contribution in [3.63, 3.8) is 0 Å². The van der Waals surface area contributed by atoms with E-state index in [2.05, 4.69) is 42.6 Å². The van der Waals surface area contributed by atoms with Crippen molar-refractivity contribution in [1.82, 2.24) is 26.2 Å². The number of terminal acetylenes is 1. The monoisotopic (exact) mass is 712 g/mol. The number of nitrogens with one attached hydrogen (secondary N) is 6. The lowest BCUT2D eigenvalue weighted by molar-refractivity contribution is -0.138. The number of carbonyl (C=O) groups is 8. The maximum Gasteiger partial charge on any atom is 0.408 e. The van der Waals surface area contributed by atoms with Crippen molar-refractivity contribution < 1.29 is 47.8 Å². The van der Waals surface area contributed by atoms with Crippen LogP contribution < -0.4 is 37.6 Å². The van der Waals surface area contributed by atoms with Gasteiger partial charge in [0, 0.05) is 36.5 Å². The number of imide groups is 1. The van der Waals surface area contributed by atoms with Gasteiger partial charge < -0.3 is 47.1 Å². The maximum absolute atomic E-state index is 13.5. The van der Waals surface area contributed by atoms with Crippen molar-refractivity contribution in [2.45, 2.75) is 52.1 Å². The van der Waals surface area contributed by atoms with Crippen LogP contribution in [0.25, 0.3) is 0 Å². The Morgan fingerprint density at radius 1 is 0.941 bits per heavy atom. The Morgan fingerprint density at radius 2 is 1.65 bits per heavy atom. The fourth-order valence-corrected chi connectivity index (χ4v) is 4.47. The zero-order chi connectivity index (χ0) is 37.9. The number of anilines is 2. The van der Waals surface area contributed by atoms with Crippen LogP contribution in [0.1, 0.15) is 38.7 Å². The molecule has 276 valence electrons. The number of urea groups is 1. The summed E-state index contributed by atoms with van der Waals surface area (Å²) >= 11 is 0. The first-order valence-electron chi connectivity index (χ1n) is 16.0. The second-order valence-corrected chi connectivity index (χ2v) is 11.5. The lowest BCUT2D eigenvalue weighted by atomic mass is 10.0.